The number of primary amides is 1. The third-order valence-electron chi connectivity index (χ3n) is 3.73. The van der Waals surface area contributed by atoms with Crippen LogP contribution in [-0.4, -0.2) is 54.8 Å². The Labute approximate surface area is 140 Å². The molecular weight excluding hydrogens is 308 g/mol. The van der Waals surface area contributed by atoms with Crippen LogP contribution in [-0.2, 0) is 14.4 Å². The van der Waals surface area contributed by atoms with Gasteiger partial charge in [-0.3, -0.25) is 19.3 Å². The van der Waals surface area contributed by atoms with Crippen molar-refractivity contribution in [1.82, 2.24) is 15.5 Å². The Kier molecular flexibility index (Phi) is 6.51. The molecule has 0 bridgehead atoms. The van der Waals surface area contributed by atoms with Gasteiger partial charge in [-0.05, 0) is 5.56 Å². The average Bonchev–Trinajstić information content (AvgIpc) is 2.57. The van der Waals surface area contributed by atoms with Gasteiger partial charge in [0.05, 0.1) is 19.0 Å². The van der Waals surface area contributed by atoms with Crippen LogP contribution in [0.25, 0.3) is 6.08 Å². The van der Waals surface area contributed by atoms with Crippen molar-refractivity contribution in [1.29, 1.82) is 0 Å². The molecule has 7 nitrogen and oxygen atoms in total. The zero-order valence-corrected chi connectivity index (χ0v) is 13.4. The van der Waals surface area contributed by atoms with Gasteiger partial charge in [-0.15, -0.1) is 0 Å². The number of amides is 3. The molecule has 2 rings (SSSR count). The van der Waals surface area contributed by atoms with Crippen LogP contribution in [0.5, 0.6) is 0 Å². The van der Waals surface area contributed by atoms with Gasteiger partial charge in [0.2, 0.25) is 17.7 Å². The molecule has 1 unspecified atom stereocenters. The summed E-state index contributed by atoms with van der Waals surface area (Å²) in [5, 5.41) is 5.18. The van der Waals surface area contributed by atoms with E-state index in [0.717, 1.165) is 5.56 Å². The lowest BCUT2D eigenvalue weighted by atomic mass is 10.1. The minimum absolute atomic E-state index is 0.00170. The largest absolute Gasteiger partial charge is 0.368 e. The smallest absolute Gasteiger partial charge is 0.237 e. The van der Waals surface area contributed by atoms with Crippen LogP contribution in [0.1, 0.15) is 12.0 Å². The van der Waals surface area contributed by atoms with Gasteiger partial charge in [0.25, 0.3) is 0 Å². The first kappa shape index (κ1) is 17.7. The summed E-state index contributed by atoms with van der Waals surface area (Å²) in [5.41, 5.74) is 6.08. The summed E-state index contributed by atoms with van der Waals surface area (Å²) in [6.45, 7) is 1.56. The summed E-state index contributed by atoms with van der Waals surface area (Å²) in [7, 11) is 0. The number of hydrogen-bond donors (Lipinski definition) is 3. The zero-order valence-electron chi connectivity index (χ0n) is 13.4. The highest BCUT2D eigenvalue weighted by atomic mass is 16.2. The Morgan fingerprint density at radius 3 is 2.79 bits per heavy atom. The molecule has 1 fully saturated rings. The summed E-state index contributed by atoms with van der Waals surface area (Å²) >= 11 is 0. The van der Waals surface area contributed by atoms with Gasteiger partial charge in [0.15, 0.2) is 0 Å². The van der Waals surface area contributed by atoms with E-state index < -0.39 is 11.9 Å². The number of benzene rings is 1. The zero-order chi connectivity index (χ0) is 17.4. The van der Waals surface area contributed by atoms with E-state index in [1.54, 1.807) is 0 Å². The van der Waals surface area contributed by atoms with Crippen molar-refractivity contribution in [3.05, 3.63) is 42.0 Å². The van der Waals surface area contributed by atoms with E-state index in [9.17, 15) is 14.4 Å². The number of rotatable bonds is 7. The molecule has 1 atom stereocenters. The van der Waals surface area contributed by atoms with E-state index in [2.05, 4.69) is 10.6 Å². The predicted molar refractivity (Wildman–Crippen MR) is 90.7 cm³/mol. The molecule has 128 valence electrons. The summed E-state index contributed by atoms with van der Waals surface area (Å²) in [6, 6.07) is 9.31. The molecule has 4 N–H and O–H groups in total. The highest BCUT2D eigenvalue weighted by molar-refractivity contribution is 5.90. The molecule has 24 heavy (non-hydrogen) atoms. The highest BCUT2D eigenvalue weighted by Crippen LogP contribution is 2.10. The molecule has 0 radical (unpaired) electrons. The molecular formula is C17H22N4O3. The Bertz CT molecular complexity index is 616. The fraction of sp³-hybridized carbons (Fsp3) is 0.353. The number of piperazine rings is 1. The summed E-state index contributed by atoms with van der Waals surface area (Å²) < 4.78 is 0. The van der Waals surface area contributed by atoms with Crippen molar-refractivity contribution in [3.63, 3.8) is 0 Å². The van der Waals surface area contributed by atoms with E-state index in [1.165, 1.54) is 0 Å². The topological polar surface area (TPSA) is 105 Å². The first-order valence-corrected chi connectivity index (χ1v) is 7.84. The standard InChI is InChI=1S/C17H22N4O3/c18-15(22)12-20-16(23)11-14-17(24)19-8-10-21(14)9-4-7-13-5-2-1-3-6-13/h1-7,14H,8-12H2,(H2,18,22)(H,19,24)(H,20,23). The molecule has 1 aliphatic rings. The average molecular weight is 330 g/mol. The fourth-order valence-electron chi connectivity index (χ4n) is 2.52. The Balaban J connectivity index is 1.93. The van der Waals surface area contributed by atoms with Gasteiger partial charge in [-0.2, -0.15) is 0 Å². The van der Waals surface area contributed by atoms with Crippen molar-refractivity contribution in [2.75, 3.05) is 26.2 Å². The second kappa shape index (κ2) is 8.83. The normalized spacial score (nSPS) is 18.3. The van der Waals surface area contributed by atoms with Gasteiger partial charge < -0.3 is 16.4 Å². The summed E-state index contributed by atoms with van der Waals surface area (Å²) in [6.07, 6.45) is 3.96. The highest BCUT2D eigenvalue weighted by Gasteiger charge is 2.30. The van der Waals surface area contributed by atoms with Crippen LogP contribution in [0.15, 0.2) is 36.4 Å². The van der Waals surface area contributed by atoms with Crippen LogP contribution in [0.2, 0.25) is 0 Å². The van der Waals surface area contributed by atoms with E-state index in [4.69, 9.17) is 5.73 Å². The molecule has 1 aromatic carbocycles. The van der Waals surface area contributed by atoms with E-state index >= 15 is 0 Å². The van der Waals surface area contributed by atoms with Gasteiger partial charge in [-0.25, -0.2) is 0 Å². The maximum atomic E-state index is 12.1. The lowest BCUT2D eigenvalue weighted by Crippen LogP contribution is -2.56. The van der Waals surface area contributed by atoms with Crippen LogP contribution < -0.4 is 16.4 Å². The third kappa shape index (κ3) is 5.51. The summed E-state index contributed by atoms with van der Waals surface area (Å²) in [4.78, 5) is 36.6. The van der Waals surface area contributed by atoms with Gasteiger partial charge >= 0.3 is 0 Å². The van der Waals surface area contributed by atoms with E-state index in [0.29, 0.717) is 19.6 Å². The molecule has 1 saturated heterocycles. The van der Waals surface area contributed by atoms with Gasteiger partial charge in [-0.1, -0.05) is 42.5 Å². The Morgan fingerprint density at radius 1 is 1.33 bits per heavy atom. The maximum Gasteiger partial charge on any atom is 0.237 e. The van der Waals surface area contributed by atoms with Crippen LogP contribution >= 0.6 is 0 Å². The number of nitrogens with two attached hydrogens (primary N) is 1. The third-order valence-corrected chi connectivity index (χ3v) is 3.73. The molecule has 1 heterocycles. The second-order valence-electron chi connectivity index (χ2n) is 5.56. The summed E-state index contributed by atoms with van der Waals surface area (Å²) in [5.74, 6) is -1.16. The monoisotopic (exact) mass is 330 g/mol. The SMILES string of the molecule is NC(=O)CNC(=O)CC1C(=O)NCCN1CC=Cc1ccccc1. The van der Waals surface area contributed by atoms with Crippen molar-refractivity contribution in [2.24, 2.45) is 5.73 Å². The number of carbonyl (C=O) groups excluding carboxylic acids is 3. The minimum atomic E-state index is -0.612. The molecule has 0 spiro atoms. The van der Waals surface area contributed by atoms with Crippen LogP contribution in [0, 0.1) is 0 Å². The lowest BCUT2D eigenvalue weighted by molar-refractivity contribution is -0.133. The van der Waals surface area contributed by atoms with Crippen LogP contribution in [0.4, 0.5) is 0 Å². The van der Waals surface area contributed by atoms with Crippen molar-refractivity contribution >= 4 is 23.8 Å². The molecule has 3 amide bonds. The molecule has 0 saturated carbocycles. The van der Waals surface area contributed by atoms with Crippen LogP contribution in [0.3, 0.4) is 0 Å². The first-order valence-electron chi connectivity index (χ1n) is 7.84. The Morgan fingerprint density at radius 2 is 2.08 bits per heavy atom. The lowest BCUT2D eigenvalue weighted by Gasteiger charge is -2.33. The molecule has 1 aliphatic heterocycles. The van der Waals surface area contributed by atoms with Crippen molar-refractivity contribution < 1.29 is 14.4 Å². The molecule has 0 aliphatic carbocycles. The quantitative estimate of drug-likeness (QED) is 0.626. The molecule has 0 aromatic heterocycles. The Hall–Kier alpha value is -2.67. The molecule has 1 aromatic rings. The first-order chi connectivity index (χ1) is 11.6. The number of nitrogens with one attached hydrogen (secondary N) is 2. The van der Waals surface area contributed by atoms with Gasteiger partial charge in [0, 0.05) is 19.6 Å². The second-order valence-corrected chi connectivity index (χ2v) is 5.56. The fourth-order valence-corrected chi connectivity index (χ4v) is 2.52. The van der Waals surface area contributed by atoms with Crippen molar-refractivity contribution in [2.45, 2.75) is 12.5 Å². The number of hydrogen-bond acceptors (Lipinski definition) is 4. The van der Waals surface area contributed by atoms with E-state index in [-0.39, 0.29) is 24.8 Å². The maximum absolute atomic E-state index is 12.1. The molecule has 7 heteroatoms. The number of carbonyl (C=O) groups is 3. The minimum Gasteiger partial charge on any atom is -0.368 e. The van der Waals surface area contributed by atoms with Crippen molar-refractivity contribution in [3.8, 4) is 0 Å². The van der Waals surface area contributed by atoms with E-state index in [1.807, 2.05) is 47.4 Å². The van der Waals surface area contributed by atoms with Gasteiger partial charge in [0.1, 0.15) is 0 Å². The predicted octanol–water partition coefficient (Wildman–Crippen LogP) is -0.508. The number of nitrogens with zero attached hydrogens (tertiary/aromatic N) is 1.